The Bertz CT molecular complexity index is 803. The molecule has 1 aliphatic rings. The van der Waals surface area contributed by atoms with E-state index in [0.717, 1.165) is 12.8 Å². The van der Waals surface area contributed by atoms with E-state index in [9.17, 15) is 14.9 Å². The third kappa shape index (κ3) is 3.18. The lowest BCUT2D eigenvalue weighted by Gasteiger charge is -2.08. The number of carbonyl (C=O) groups excluding carboxylic acids is 1. The number of H-pyrrole nitrogens is 1. The third-order valence-electron chi connectivity index (χ3n) is 3.67. The van der Waals surface area contributed by atoms with E-state index in [1.54, 1.807) is 12.1 Å². The predicted octanol–water partition coefficient (Wildman–Crippen LogP) is 2.02. The van der Waals surface area contributed by atoms with Gasteiger partial charge in [-0.2, -0.15) is 5.26 Å². The molecule has 3 rings (SSSR count). The SMILES string of the molecule is N#C[C@H](NC(=O)c1cnc(-c2cccc([N+](=O)[O-])c2)[nH]1)C1CC1. The summed E-state index contributed by atoms with van der Waals surface area (Å²) in [5.41, 5.74) is 0.674. The van der Waals surface area contributed by atoms with Crippen LogP contribution in [0.15, 0.2) is 30.5 Å². The maximum absolute atomic E-state index is 12.1. The quantitative estimate of drug-likeness (QED) is 0.645. The van der Waals surface area contributed by atoms with Crippen molar-refractivity contribution in [2.24, 2.45) is 5.92 Å². The smallest absolute Gasteiger partial charge is 0.270 e. The molecule has 8 nitrogen and oxygen atoms in total. The first kappa shape index (κ1) is 14.7. The zero-order valence-electron chi connectivity index (χ0n) is 12.0. The highest BCUT2D eigenvalue weighted by atomic mass is 16.6. The summed E-state index contributed by atoms with van der Waals surface area (Å²) in [6.45, 7) is 0. The van der Waals surface area contributed by atoms with Gasteiger partial charge in [-0.05, 0) is 18.8 Å². The van der Waals surface area contributed by atoms with E-state index in [-0.39, 0.29) is 17.3 Å². The van der Waals surface area contributed by atoms with E-state index in [1.807, 2.05) is 0 Å². The minimum absolute atomic E-state index is 0.0526. The number of benzene rings is 1. The molecule has 0 bridgehead atoms. The second-order valence-corrected chi connectivity index (χ2v) is 5.37. The first-order valence-electron chi connectivity index (χ1n) is 7.09. The van der Waals surface area contributed by atoms with E-state index in [2.05, 4.69) is 21.4 Å². The van der Waals surface area contributed by atoms with Crippen LogP contribution in [0.3, 0.4) is 0 Å². The number of non-ortho nitro benzene ring substituents is 1. The molecule has 1 saturated carbocycles. The average molecular weight is 311 g/mol. The van der Waals surface area contributed by atoms with Crippen molar-refractivity contribution in [3.8, 4) is 17.5 Å². The van der Waals surface area contributed by atoms with Gasteiger partial charge >= 0.3 is 0 Å². The summed E-state index contributed by atoms with van der Waals surface area (Å²) >= 11 is 0. The van der Waals surface area contributed by atoms with Gasteiger partial charge in [0.2, 0.25) is 0 Å². The molecule has 0 saturated heterocycles. The first-order chi connectivity index (χ1) is 11.1. The Morgan fingerprint density at radius 1 is 1.52 bits per heavy atom. The molecule has 1 atom stereocenters. The number of aromatic nitrogens is 2. The molecule has 1 aromatic heterocycles. The molecule has 1 amide bonds. The lowest BCUT2D eigenvalue weighted by Crippen LogP contribution is -2.35. The van der Waals surface area contributed by atoms with Crippen LogP contribution in [-0.4, -0.2) is 26.8 Å². The van der Waals surface area contributed by atoms with E-state index in [4.69, 9.17) is 5.26 Å². The predicted molar refractivity (Wildman–Crippen MR) is 80.3 cm³/mol. The molecule has 0 radical (unpaired) electrons. The van der Waals surface area contributed by atoms with Crippen LogP contribution in [0.2, 0.25) is 0 Å². The van der Waals surface area contributed by atoms with Crippen molar-refractivity contribution in [3.63, 3.8) is 0 Å². The summed E-state index contributed by atoms with van der Waals surface area (Å²) in [7, 11) is 0. The number of nitro groups is 1. The van der Waals surface area contributed by atoms with Gasteiger partial charge in [0.05, 0.1) is 17.2 Å². The fraction of sp³-hybridized carbons (Fsp3) is 0.267. The van der Waals surface area contributed by atoms with Gasteiger partial charge in [0.1, 0.15) is 17.6 Å². The highest BCUT2D eigenvalue weighted by Gasteiger charge is 2.32. The summed E-state index contributed by atoms with van der Waals surface area (Å²) in [5, 5.41) is 22.5. The molecule has 8 heteroatoms. The van der Waals surface area contributed by atoms with Crippen molar-refractivity contribution >= 4 is 11.6 Å². The number of rotatable bonds is 5. The van der Waals surface area contributed by atoms with Crippen LogP contribution in [0.25, 0.3) is 11.4 Å². The van der Waals surface area contributed by atoms with Crippen LogP contribution >= 0.6 is 0 Å². The lowest BCUT2D eigenvalue weighted by molar-refractivity contribution is -0.384. The number of nitrogens with one attached hydrogen (secondary N) is 2. The molecule has 0 spiro atoms. The van der Waals surface area contributed by atoms with Crippen molar-refractivity contribution in [1.29, 1.82) is 5.26 Å². The minimum Gasteiger partial charge on any atom is -0.335 e. The number of nitro benzene ring substituents is 1. The molecule has 2 aromatic rings. The van der Waals surface area contributed by atoms with E-state index in [0.29, 0.717) is 11.4 Å². The van der Waals surface area contributed by atoms with Crippen molar-refractivity contribution in [3.05, 3.63) is 46.3 Å². The third-order valence-corrected chi connectivity index (χ3v) is 3.67. The van der Waals surface area contributed by atoms with Crippen LogP contribution in [0.1, 0.15) is 23.3 Å². The number of aromatic amines is 1. The average Bonchev–Trinajstić information content (AvgIpc) is 3.28. The Morgan fingerprint density at radius 2 is 2.30 bits per heavy atom. The molecule has 23 heavy (non-hydrogen) atoms. The van der Waals surface area contributed by atoms with Gasteiger partial charge in [-0.1, -0.05) is 12.1 Å². The summed E-state index contributed by atoms with van der Waals surface area (Å²) in [6.07, 6.45) is 3.24. The van der Waals surface area contributed by atoms with Gasteiger partial charge in [0.25, 0.3) is 11.6 Å². The number of nitriles is 1. The van der Waals surface area contributed by atoms with Gasteiger partial charge in [0.15, 0.2) is 0 Å². The van der Waals surface area contributed by atoms with Gasteiger partial charge < -0.3 is 10.3 Å². The maximum atomic E-state index is 12.1. The van der Waals surface area contributed by atoms with Gasteiger partial charge in [0, 0.05) is 17.7 Å². The van der Waals surface area contributed by atoms with E-state index >= 15 is 0 Å². The van der Waals surface area contributed by atoms with Crippen LogP contribution in [0.5, 0.6) is 0 Å². The second-order valence-electron chi connectivity index (χ2n) is 5.37. The fourth-order valence-electron chi connectivity index (χ4n) is 2.25. The van der Waals surface area contributed by atoms with E-state index < -0.39 is 16.9 Å². The zero-order chi connectivity index (χ0) is 16.4. The number of nitrogens with zero attached hydrogens (tertiary/aromatic N) is 3. The number of hydrogen-bond donors (Lipinski definition) is 2. The van der Waals surface area contributed by atoms with Crippen molar-refractivity contribution in [2.75, 3.05) is 0 Å². The molecule has 2 N–H and O–H groups in total. The molecule has 1 heterocycles. The topological polar surface area (TPSA) is 125 Å². The monoisotopic (exact) mass is 311 g/mol. The molecular weight excluding hydrogens is 298 g/mol. The normalized spacial score (nSPS) is 14.7. The van der Waals surface area contributed by atoms with Crippen LogP contribution in [0.4, 0.5) is 5.69 Å². The van der Waals surface area contributed by atoms with Gasteiger partial charge in [-0.25, -0.2) is 4.98 Å². The molecule has 1 fully saturated rings. The summed E-state index contributed by atoms with van der Waals surface area (Å²) in [4.78, 5) is 29.3. The van der Waals surface area contributed by atoms with E-state index in [1.165, 1.54) is 18.3 Å². The molecule has 0 unspecified atom stereocenters. The van der Waals surface area contributed by atoms with Crippen LogP contribution in [0, 0.1) is 27.4 Å². The summed E-state index contributed by atoms with van der Waals surface area (Å²) < 4.78 is 0. The lowest BCUT2D eigenvalue weighted by atomic mass is 10.2. The highest BCUT2D eigenvalue weighted by molar-refractivity contribution is 5.93. The van der Waals surface area contributed by atoms with Crippen molar-refractivity contribution in [2.45, 2.75) is 18.9 Å². The van der Waals surface area contributed by atoms with Crippen molar-refractivity contribution < 1.29 is 9.72 Å². The van der Waals surface area contributed by atoms with Crippen LogP contribution < -0.4 is 5.32 Å². The van der Waals surface area contributed by atoms with Crippen molar-refractivity contribution in [1.82, 2.24) is 15.3 Å². The fourth-order valence-corrected chi connectivity index (χ4v) is 2.25. The Kier molecular flexibility index (Phi) is 3.76. The second kappa shape index (κ2) is 5.88. The summed E-state index contributed by atoms with van der Waals surface area (Å²) in [5.74, 6) is 0.175. The Labute approximate surface area is 131 Å². The standard InChI is InChI=1S/C15H13N5O3/c16-7-12(9-4-5-9)19-15(21)13-8-17-14(18-13)10-2-1-3-11(6-10)20(22)23/h1-3,6,8-9,12H,4-5H2,(H,17,18)(H,19,21)/t12-/m0/s1. The maximum Gasteiger partial charge on any atom is 0.270 e. The number of imidazole rings is 1. The molecule has 116 valence electrons. The number of carbonyl (C=O) groups is 1. The molecule has 1 aromatic carbocycles. The Hall–Kier alpha value is -3.21. The first-order valence-corrected chi connectivity index (χ1v) is 7.09. The summed E-state index contributed by atoms with van der Waals surface area (Å²) in [6, 6.07) is 7.56. The minimum atomic E-state index is -0.493. The zero-order valence-corrected chi connectivity index (χ0v) is 12.0. The molecule has 0 aliphatic heterocycles. The molecule has 1 aliphatic carbocycles. The number of hydrogen-bond acceptors (Lipinski definition) is 5. The van der Waals surface area contributed by atoms with Gasteiger partial charge in [-0.3, -0.25) is 14.9 Å². The highest BCUT2D eigenvalue weighted by Crippen LogP contribution is 2.32. The Morgan fingerprint density at radius 3 is 2.96 bits per heavy atom. The number of amides is 1. The van der Waals surface area contributed by atoms with Gasteiger partial charge in [-0.15, -0.1) is 0 Å². The van der Waals surface area contributed by atoms with Crippen LogP contribution in [-0.2, 0) is 0 Å². The molecular formula is C15H13N5O3. The Balaban J connectivity index is 1.77. The largest absolute Gasteiger partial charge is 0.335 e.